The maximum absolute atomic E-state index is 12.8. The summed E-state index contributed by atoms with van der Waals surface area (Å²) >= 11 is 1.36. The van der Waals surface area contributed by atoms with Crippen LogP contribution in [0.1, 0.15) is 29.2 Å². The fraction of sp³-hybridized carbons (Fsp3) is 0.318. The van der Waals surface area contributed by atoms with Crippen LogP contribution < -0.4 is 10.2 Å². The highest BCUT2D eigenvalue weighted by molar-refractivity contribution is 7.17. The average Bonchev–Trinajstić information content (AvgIpc) is 3.10. The number of aryl methyl sites for hydroxylation is 1. The number of hydrogen-bond acceptors (Lipinski definition) is 6. The van der Waals surface area contributed by atoms with Crippen molar-refractivity contribution in [3.05, 3.63) is 59.2 Å². The highest BCUT2D eigenvalue weighted by Gasteiger charge is 2.22. The summed E-state index contributed by atoms with van der Waals surface area (Å²) in [7, 11) is 0. The normalized spacial score (nSPS) is 19.2. The van der Waals surface area contributed by atoms with Crippen LogP contribution in [0.2, 0.25) is 0 Å². The van der Waals surface area contributed by atoms with E-state index >= 15 is 0 Å². The molecular weight excluding hydrogens is 384 g/mol. The lowest BCUT2D eigenvalue weighted by Crippen LogP contribution is -2.45. The molecule has 0 bridgehead atoms. The zero-order valence-corrected chi connectivity index (χ0v) is 17.6. The molecule has 1 N–H and O–H groups in total. The predicted octanol–water partition coefficient (Wildman–Crippen LogP) is 4.38. The van der Waals surface area contributed by atoms with Gasteiger partial charge in [-0.1, -0.05) is 6.07 Å². The molecule has 2 aromatic heterocycles. The highest BCUT2D eigenvalue weighted by atomic mass is 32.1. The molecule has 0 radical (unpaired) electrons. The maximum Gasteiger partial charge on any atom is 0.267 e. The number of nitrogens with one attached hydrogen (secondary N) is 1. The van der Waals surface area contributed by atoms with E-state index in [0.717, 1.165) is 35.2 Å². The van der Waals surface area contributed by atoms with Crippen LogP contribution in [0.5, 0.6) is 0 Å². The number of nitrogens with zero attached hydrogens (tertiary/aromatic N) is 3. The molecule has 29 heavy (non-hydrogen) atoms. The first-order valence-electron chi connectivity index (χ1n) is 9.70. The van der Waals surface area contributed by atoms with Crippen molar-refractivity contribution in [3.63, 3.8) is 0 Å². The van der Waals surface area contributed by atoms with Crippen molar-refractivity contribution < 1.29 is 9.53 Å². The number of rotatable bonds is 4. The van der Waals surface area contributed by atoms with Gasteiger partial charge < -0.3 is 15.0 Å². The van der Waals surface area contributed by atoms with E-state index in [1.54, 1.807) is 6.20 Å². The Balaban J connectivity index is 1.46. The lowest BCUT2D eigenvalue weighted by molar-refractivity contribution is -0.00521. The number of benzene rings is 1. The van der Waals surface area contributed by atoms with E-state index in [1.807, 2.05) is 49.4 Å². The van der Waals surface area contributed by atoms with E-state index in [9.17, 15) is 4.79 Å². The van der Waals surface area contributed by atoms with E-state index in [0.29, 0.717) is 10.6 Å². The number of hydrogen-bond donors (Lipinski definition) is 1. The third kappa shape index (κ3) is 4.46. The summed E-state index contributed by atoms with van der Waals surface area (Å²) < 4.78 is 5.80. The second-order valence-electron chi connectivity index (χ2n) is 7.31. The second kappa shape index (κ2) is 8.31. The van der Waals surface area contributed by atoms with Crippen LogP contribution >= 0.6 is 11.3 Å². The quantitative estimate of drug-likeness (QED) is 0.694. The van der Waals surface area contributed by atoms with Crippen molar-refractivity contribution in [2.75, 3.05) is 23.3 Å². The molecule has 1 aliphatic rings. The minimum atomic E-state index is -0.149. The van der Waals surface area contributed by atoms with Gasteiger partial charge >= 0.3 is 0 Å². The molecule has 1 amide bonds. The molecule has 7 heteroatoms. The number of ether oxygens (including phenoxy) is 1. The van der Waals surface area contributed by atoms with Crippen LogP contribution in [0.3, 0.4) is 0 Å². The predicted molar refractivity (Wildman–Crippen MR) is 117 cm³/mol. The van der Waals surface area contributed by atoms with Gasteiger partial charge in [0.15, 0.2) is 0 Å². The molecule has 0 saturated carbocycles. The summed E-state index contributed by atoms with van der Waals surface area (Å²) in [6.07, 6.45) is 2.14. The van der Waals surface area contributed by atoms with E-state index in [-0.39, 0.29) is 18.1 Å². The lowest BCUT2D eigenvalue weighted by atomic mass is 10.2. The van der Waals surface area contributed by atoms with Gasteiger partial charge in [0.25, 0.3) is 5.91 Å². The Labute approximate surface area is 174 Å². The van der Waals surface area contributed by atoms with Crippen LogP contribution in [0.15, 0.2) is 48.7 Å². The maximum atomic E-state index is 12.8. The van der Waals surface area contributed by atoms with E-state index in [2.05, 4.69) is 34.0 Å². The topological polar surface area (TPSA) is 67.4 Å². The van der Waals surface area contributed by atoms with E-state index < -0.39 is 0 Å². The number of amides is 1. The Bertz CT molecular complexity index is 978. The van der Waals surface area contributed by atoms with Gasteiger partial charge in [0, 0.05) is 30.7 Å². The number of pyridine rings is 1. The summed E-state index contributed by atoms with van der Waals surface area (Å²) in [6.45, 7) is 7.77. The third-order valence-corrected chi connectivity index (χ3v) is 5.98. The number of thiazole rings is 1. The molecule has 1 fully saturated rings. The van der Waals surface area contributed by atoms with Crippen LogP contribution in [-0.2, 0) is 4.74 Å². The minimum absolute atomic E-state index is 0.149. The Morgan fingerprint density at radius 2 is 1.86 bits per heavy atom. The summed E-state index contributed by atoms with van der Waals surface area (Å²) in [5.41, 5.74) is 3.38. The molecule has 3 aromatic rings. The van der Waals surface area contributed by atoms with Crippen molar-refractivity contribution >= 4 is 28.6 Å². The van der Waals surface area contributed by atoms with Gasteiger partial charge in [0.05, 0.1) is 23.6 Å². The summed E-state index contributed by atoms with van der Waals surface area (Å²) in [5, 5.41) is 3.73. The van der Waals surface area contributed by atoms with Gasteiger partial charge in [0.1, 0.15) is 9.88 Å². The molecule has 4 rings (SSSR count). The van der Waals surface area contributed by atoms with Gasteiger partial charge in [-0.05, 0) is 57.2 Å². The first-order chi connectivity index (χ1) is 14.0. The lowest BCUT2D eigenvalue weighted by Gasteiger charge is -2.36. The monoisotopic (exact) mass is 408 g/mol. The first kappa shape index (κ1) is 19.5. The van der Waals surface area contributed by atoms with E-state index in [1.165, 1.54) is 11.3 Å². The zero-order valence-electron chi connectivity index (χ0n) is 16.8. The average molecular weight is 409 g/mol. The summed E-state index contributed by atoms with van der Waals surface area (Å²) in [6, 6.07) is 13.6. The standard InChI is InChI=1S/C22H24N4O2S/c1-14-12-26(13-15(2)28-14)18-9-7-17(8-10-18)25-21(27)20-16(3)24-22(29-20)19-6-4-5-11-23-19/h4-11,14-15H,12-13H2,1-3H3,(H,25,27). The van der Waals surface area contributed by atoms with Crippen LogP contribution in [0.25, 0.3) is 10.7 Å². The van der Waals surface area contributed by atoms with Crippen molar-refractivity contribution in [3.8, 4) is 10.7 Å². The van der Waals surface area contributed by atoms with Gasteiger partial charge in [-0.3, -0.25) is 9.78 Å². The smallest absolute Gasteiger partial charge is 0.267 e. The molecule has 2 unspecified atom stereocenters. The minimum Gasteiger partial charge on any atom is -0.372 e. The number of carbonyl (C=O) groups is 1. The van der Waals surface area contributed by atoms with Crippen LogP contribution in [-0.4, -0.2) is 41.2 Å². The fourth-order valence-corrected chi connectivity index (χ4v) is 4.48. The molecule has 0 spiro atoms. The van der Waals surface area contributed by atoms with Crippen molar-refractivity contribution in [1.82, 2.24) is 9.97 Å². The number of anilines is 2. The Kier molecular flexibility index (Phi) is 5.60. The molecule has 1 aromatic carbocycles. The SMILES string of the molecule is Cc1nc(-c2ccccn2)sc1C(=O)Nc1ccc(N2CC(C)OC(C)C2)cc1. The molecule has 150 valence electrons. The van der Waals surface area contributed by atoms with E-state index in [4.69, 9.17) is 4.74 Å². The van der Waals surface area contributed by atoms with Gasteiger partial charge in [-0.25, -0.2) is 4.98 Å². The van der Waals surface area contributed by atoms with Crippen molar-refractivity contribution in [2.45, 2.75) is 33.0 Å². The van der Waals surface area contributed by atoms with Crippen molar-refractivity contribution in [2.24, 2.45) is 0 Å². The number of aromatic nitrogens is 2. The third-order valence-electron chi connectivity index (χ3n) is 4.80. The Morgan fingerprint density at radius 3 is 2.52 bits per heavy atom. The highest BCUT2D eigenvalue weighted by Crippen LogP contribution is 2.28. The Hall–Kier alpha value is -2.77. The van der Waals surface area contributed by atoms with Crippen LogP contribution in [0, 0.1) is 6.92 Å². The van der Waals surface area contributed by atoms with Gasteiger partial charge in [-0.2, -0.15) is 0 Å². The largest absolute Gasteiger partial charge is 0.372 e. The molecular formula is C22H24N4O2S. The molecule has 2 atom stereocenters. The number of carbonyl (C=O) groups excluding carboxylic acids is 1. The van der Waals surface area contributed by atoms with Crippen molar-refractivity contribution in [1.29, 1.82) is 0 Å². The molecule has 1 saturated heterocycles. The molecule has 1 aliphatic heterocycles. The number of morpholine rings is 1. The zero-order chi connectivity index (χ0) is 20.4. The summed E-state index contributed by atoms with van der Waals surface area (Å²) in [5.74, 6) is -0.149. The Morgan fingerprint density at radius 1 is 1.14 bits per heavy atom. The molecule has 6 nitrogen and oxygen atoms in total. The second-order valence-corrected chi connectivity index (χ2v) is 8.31. The van der Waals surface area contributed by atoms with Gasteiger partial charge in [-0.15, -0.1) is 11.3 Å². The molecule has 0 aliphatic carbocycles. The first-order valence-corrected chi connectivity index (χ1v) is 10.5. The van der Waals surface area contributed by atoms with Crippen LogP contribution in [0.4, 0.5) is 11.4 Å². The summed E-state index contributed by atoms with van der Waals surface area (Å²) in [4.78, 5) is 24.5. The fourth-order valence-electron chi connectivity index (χ4n) is 3.54. The van der Waals surface area contributed by atoms with Gasteiger partial charge in [0.2, 0.25) is 0 Å². The molecule has 3 heterocycles.